The van der Waals surface area contributed by atoms with Gasteiger partial charge in [-0.05, 0) is 42.3 Å². The highest BCUT2D eigenvalue weighted by Gasteiger charge is 2.13. The predicted molar refractivity (Wildman–Crippen MR) is 103 cm³/mol. The van der Waals surface area contributed by atoms with Gasteiger partial charge in [0.1, 0.15) is 5.75 Å². The molecular formula is C21H17F2N3O2. The van der Waals surface area contributed by atoms with Crippen LogP contribution in [-0.2, 0) is 11.2 Å². The molecule has 0 radical (unpaired) electrons. The van der Waals surface area contributed by atoms with Gasteiger partial charge >= 0.3 is 0 Å². The molecule has 7 heteroatoms. The molecule has 0 aliphatic heterocycles. The number of methoxy groups -OCH3 is 1. The normalized spacial score (nSPS) is 11.1. The monoisotopic (exact) mass is 381 g/mol. The highest BCUT2D eigenvalue weighted by Crippen LogP contribution is 2.31. The van der Waals surface area contributed by atoms with E-state index in [4.69, 9.17) is 4.74 Å². The van der Waals surface area contributed by atoms with Gasteiger partial charge in [-0.15, -0.1) is 0 Å². The van der Waals surface area contributed by atoms with Crippen LogP contribution in [0.3, 0.4) is 0 Å². The summed E-state index contributed by atoms with van der Waals surface area (Å²) in [6, 6.07) is 11.2. The van der Waals surface area contributed by atoms with Crippen LogP contribution in [-0.4, -0.2) is 23.0 Å². The first-order valence-corrected chi connectivity index (χ1v) is 8.73. The van der Waals surface area contributed by atoms with E-state index in [9.17, 15) is 13.6 Å². The maximum atomic E-state index is 13.3. The van der Waals surface area contributed by atoms with Gasteiger partial charge < -0.3 is 15.0 Å². The third-order valence-electron chi connectivity index (χ3n) is 4.61. The van der Waals surface area contributed by atoms with Gasteiger partial charge in [0.2, 0.25) is 5.91 Å². The number of rotatable bonds is 5. The Morgan fingerprint density at radius 2 is 1.96 bits per heavy atom. The Labute approximate surface area is 159 Å². The topological polar surface area (TPSA) is 67.0 Å². The molecule has 0 saturated carbocycles. The number of aromatic nitrogens is 2. The minimum absolute atomic E-state index is 0.122. The lowest BCUT2D eigenvalue weighted by Gasteiger charge is -2.06. The first kappa shape index (κ1) is 17.9. The van der Waals surface area contributed by atoms with E-state index in [1.165, 1.54) is 6.07 Å². The molecule has 2 N–H and O–H groups in total. The summed E-state index contributed by atoms with van der Waals surface area (Å²) in [5.41, 5.74) is 2.14. The second-order valence-electron chi connectivity index (χ2n) is 6.42. The third-order valence-corrected chi connectivity index (χ3v) is 4.61. The number of aryl methyl sites for hydroxylation is 1. The first-order valence-electron chi connectivity index (χ1n) is 8.73. The zero-order chi connectivity index (χ0) is 19.7. The van der Waals surface area contributed by atoms with Gasteiger partial charge in [-0.25, -0.2) is 13.8 Å². The minimum Gasteiger partial charge on any atom is -0.497 e. The van der Waals surface area contributed by atoms with Gasteiger partial charge in [0.25, 0.3) is 0 Å². The van der Waals surface area contributed by atoms with Crippen LogP contribution in [0.5, 0.6) is 5.75 Å². The molecule has 0 saturated heterocycles. The summed E-state index contributed by atoms with van der Waals surface area (Å²) in [5.74, 6) is -0.939. The van der Waals surface area contributed by atoms with E-state index in [1.54, 1.807) is 13.3 Å². The Balaban J connectivity index is 1.55. The molecule has 0 bridgehead atoms. The number of amides is 1. The van der Waals surface area contributed by atoms with Crippen molar-refractivity contribution >= 4 is 33.5 Å². The predicted octanol–water partition coefficient (Wildman–Crippen LogP) is 4.57. The zero-order valence-electron chi connectivity index (χ0n) is 15.1. The fourth-order valence-electron chi connectivity index (χ4n) is 3.18. The van der Waals surface area contributed by atoms with Crippen molar-refractivity contribution in [1.82, 2.24) is 9.97 Å². The molecular weight excluding hydrogens is 364 g/mol. The van der Waals surface area contributed by atoms with E-state index < -0.39 is 11.6 Å². The van der Waals surface area contributed by atoms with Gasteiger partial charge in [0.05, 0.1) is 18.1 Å². The Bertz CT molecular complexity index is 1190. The van der Waals surface area contributed by atoms with Crippen molar-refractivity contribution in [1.29, 1.82) is 0 Å². The maximum Gasteiger partial charge on any atom is 0.225 e. The van der Waals surface area contributed by atoms with Crippen LogP contribution < -0.4 is 10.1 Å². The van der Waals surface area contributed by atoms with E-state index in [2.05, 4.69) is 15.3 Å². The number of anilines is 1. The minimum atomic E-state index is -0.919. The summed E-state index contributed by atoms with van der Waals surface area (Å²) in [4.78, 5) is 19.9. The van der Waals surface area contributed by atoms with Gasteiger partial charge in [-0.1, -0.05) is 6.07 Å². The average Bonchev–Trinajstić information content (AvgIpc) is 3.07. The second-order valence-corrected chi connectivity index (χ2v) is 6.42. The van der Waals surface area contributed by atoms with E-state index in [1.807, 2.05) is 24.3 Å². The standard InChI is InChI=1S/C21H17F2N3O2/c1-28-13-4-5-14-15-8-9-24-21(20(15)25-18(14)11-13)26-19(27)7-3-12-2-6-16(22)17(23)10-12/h2,4-6,8-11,25H,3,7H2,1H3,(H,24,26,27). The van der Waals surface area contributed by atoms with Crippen molar-refractivity contribution < 1.29 is 18.3 Å². The van der Waals surface area contributed by atoms with Gasteiger partial charge in [0, 0.05) is 29.5 Å². The van der Waals surface area contributed by atoms with Crippen LogP contribution in [0.2, 0.25) is 0 Å². The molecule has 0 aliphatic carbocycles. The van der Waals surface area contributed by atoms with Crippen LogP contribution in [0.4, 0.5) is 14.6 Å². The Morgan fingerprint density at radius 1 is 1.11 bits per heavy atom. The van der Waals surface area contributed by atoms with E-state index >= 15 is 0 Å². The van der Waals surface area contributed by atoms with Crippen LogP contribution in [0, 0.1) is 11.6 Å². The highest BCUT2D eigenvalue weighted by atomic mass is 19.2. The van der Waals surface area contributed by atoms with E-state index in [0.717, 1.165) is 34.2 Å². The number of carbonyl (C=O) groups excluding carboxylic acids is 1. The first-order chi connectivity index (χ1) is 13.5. The fourth-order valence-corrected chi connectivity index (χ4v) is 3.18. The number of H-pyrrole nitrogens is 1. The van der Waals surface area contributed by atoms with Crippen LogP contribution >= 0.6 is 0 Å². The number of halogens is 2. The zero-order valence-corrected chi connectivity index (χ0v) is 15.1. The van der Waals surface area contributed by atoms with Crippen LogP contribution in [0.1, 0.15) is 12.0 Å². The Hall–Kier alpha value is -3.48. The number of hydrogen-bond donors (Lipinski definition) is 2. The lowest BCUT2D eigenvalue weighted by molar-refractivity contribution is -0.116. The number of nitrogens with zero attached hydrogens (tertiary/aromatic N) is 1. The maximum absolute atomic E-state index is 13.3. The Morgan fingerprint density at radius 3 is 2.75 bits per heavy atom. The smallest absolute Gasteiger partial charge is 0.225 e. The number of fused-ring (bicyclic) bond motifs is 3. The van der Waals surface area contributed by atoms with Gasteiger partial charge in [0.15, 0.2) is 17.5 Å². The lowest BCUT2D eigenvalue weighted by atomic mass is 10.1. The summed E-state index contributed by atoms with van der Waals surface area (Å²) >= 11 is 0. The molecule has 2 aromatic carbocycles. The fraction of sp³-hybridized carbons (Fsp3) is 0.143. The molecule has 142 valence electrons. The van der Waals surface area contributed by atoms with Crippen molar-refractivity contribution in [2.24, 2.45) is 0 Å². The summed E-state index contributed by atoms with van der Waals surface area (Å²) in [6.45, 7) is 0. The molecule has 4 rings (SSSR count). The average molecular weight is 381 g/mol. The van der Waals surface area contributed by atoms with Gasteiger partial charge in [-0.2, -0.15) is 0 Å². The quantitative estimate of drug-likeness (QED) is 0.532. The third kappa shape index (κ3) is 3.38. The number of nitrogens with one attached hydrogen (secondary N) is 2. The van der Waals surface area contributed by atoms with Crippen molar-refractivity contribution in [3.05, 3.63) is 65.9 Å². The number of benzene rings is 2. The number of pyridine rings is 1. The summed E-state index contributed by atoms with van der Waals surface area (Å²) < 4.78 is 31.5. The molecule has 2 heterocycles. The van der Waals surface area contributed by atoms with E-state index in [-0.39, 0.29) is 12.3 Å². The van der Waals surface area contributed by atoms with Crippen molar-refractivity contribution in [2.45, 2.75) is 12.8 Å². The molecule has 0 fully saturated rings. The SMILES string of the molecule is COc1ccc2c(c1)[nH]c1c(NC(=O)CCc3ccc(F)c(F)c3)nccc12. The molecule has 2 aromatic heterocycles. The van der Waals surface area contributed by atoms with Crippen LogP contribution in [0.25, 0.3) is 21.8 Å². The number of aromatic amines is 1. The second kappa shape index (κ2) is 7.26. The lowest BCUT2D eigenvalue weighted by Crippen LogP contribution is -2.13. The van der Waals surface area contributed by atoms with Crippen LogP contribution in [0.15, 0.2) is 48.7 Å². The summed E-state index contributed by atoms with van der Waals surface area (Å²) in [5, 5.41) is 4.72. The molecule has 4 aromatic rings. The molecule has 0 spiro atoms. The molecule has 5 nitrogen and oxygen atoms in total. The largest absolute Gasteiger partial charge is 0.497 e. The van der Waals surface area contributed by atoms with E-state index in [0.29, 0.717) is 23.3 Å². The molecule has 0 aliphatic rings. The Kier molecular flexibility index (Phi) is 4.65. The number of ether oxygens (including phenoxy) is 1. The number of hydrogen-bond acceptors (Lipinski definition) is 3. The molecule has 0 unspecified atom stereocenters. The number of carbonyl (C=O) groups is 1. The molecule has 0 atom stereocenters. The molecule has 1 amide bonds. The van der Waals surface area contributed by atoms with Crippen molar-refractivity contribution in [3.63, 3.8) is 0 Å². The van der Waals surface area contributed by atoms with Gasteiger partial charge in [-0.3, -0.25) is 4.79 Å². The van der Waals surface area contributed by atoms with Crippen molar-refractivity contribution in [3.8, 4) is 5.75 Å². The summed E-state index contributed by atoms with van der Waals surface area (Å²) in [6.07, 6.45) is 2.05. The summed E-state index contributed by atoms with van der Waals surface area (Å²) in [7, 11) is 1.60. The van der Waals surface area contributed by atoms with Crippen molar-refractivity contribution in [2.75, 3.05) is 12.4 Å². The molecule has 28 heavy (non-hydrogen) atoms. The highest BCUT2D eigenvalue weighted by molar-refractivity contribution is 6.12.